The van der Waals surface area contributed by atoms with Crippen molar-refractivity contribution in [2.24, 2.45) is 5.92 Å². The Morgan fingerprint density at radius 2 is 1.91 bits per heavy atom. The Balaban J connectivity index is 3.04. The zero-order chi connectivity index (χ0) is 17.8. The Morgan fingerprint density at radius 1 is 1.30 bits per heavy atom. The second-order valence-electron chi connectivity index (χ2n) is 5.31. The lowest BCUT2D eigenvalue weighted by molar-refractivity contribution is -0.137. The number of carbonyl (C=O) groups is 2. The first-order valence-corrected chi connectivity index (χ1v) is 7.47. The minimum absolute atomic E-state index is 0.0235. The van der Waals surface area contributed by atoms with E-state index in [1.807, 2.05) is 5.32 Å². The zero-order valence-electron chi connectivity index (χ0n) is 12.4. The maximum atomic E-state index is 13.0. The number of anilines is 1. The number of carboxylic acid groups (broad SMARTS) is 1. The molecule has 0 spiro atoms. The van der Waals surface area contributed by atoms with Crippen molar-refractivity contribution in [2.75, 3.05) is 5.32 Å². The predicted molar refractivity (Wildman–Crippen MR) is 82.2 cm³/mol. The standard InChI is InChI=1S/C14H16BrF3N2O3/c1-7(2)5-11(20-13(22)23)12(21)19-10-4-3-8(15)6-9(10)14(16,17)18/h3-4,6-7,11,20H,5H2,1-2H3,(H,19,21)(H,22,23)/t11-/m1/s1. The van der Waals surface area contributed by atoms with Gasteiger partial charge in [-0.2, -0.15) is 13.2 Å². The van der Waals surface area contributed by atoms with Gasteiger partial charge in [-0.05, 0) is 30.5 Å². The molecule has 0 unspecified atom stereocenters. The van der Waals surface area contributed by atoms with Gasteiger partial charge in [-0.15, -0.1) is 0 Å². The Labute approximate surface area is 139 Å². The van der Waals surface area contributed by atoms with Crippen LogP contribution in [0.2, 0.25) is 0 Å². The highest BCUT2D eigenvalue weighted by Gasteiger charge is 2.35. The molecule has 0 saturated carbocycles. The van der Waals surface area contributed by atoms with Crippen LogP contribution in [0.25, 0.3) is 0 Å². The molecule has 0 aliphatic rings. The van der Waals surface area contributed by atoms with E-state index in [1.165, 1.54) is 6.07 Å². The molecule has 2 amide bonds. The van der Waals surface area contributed by atoms with Crippen LogP contribution in [0, 0.1) is 5.92 Å². The van der Waals surface area contributed by atoms with Crippen LogP contribution < -0.4 is 10.6 Å². The van der Waals surface area contributed by atoms with E-state index in [0.29, 0.717) is 0 Å². The summed E-state index contributed by atoms with van der Waals surface area (Å²) in [4.78, 5) is 22.9. The van der Waals surface area contributed by atoms with E-state index in [9.17, 15) is 22.8 Å². The van der Waals surface area contributed by atoms with Gasteiger partial charge >= 0.3 is 12.3 Å². The molecule has 0 radical (unpaired) electrons. The van der Waals surface area contributed by atoms with Gasteiger partial charge in [0.2, 0.25) is 5.91 Å². The zero-order valence-corrected chi connectivity index (χ0v) is 14.0. The third-order valence-corrected chi connectivity index (χ3v) is 3.36. The van der Waals surface area contributed by atoms with Gasteiger partial charge in [-0.3, -0.25) is 4.79 Å². The number of hydrogen-bond acceptors (Lipinski definition) is 2. The molecule has 3 N–H and O–H groups in total. The molecule has 0 saturated heterocycles. The van der Waals surface area contributed by atoms with E-state index in [0.717, 1.165) is 12.1 Å². The summed E-state index contributed by atoms with van der Waals surface area (Å²) in [6, 6.07) is 2.17. The Kier molecular flexibility index (Phi) is 6.43. The largest absolute Gasteiger partial charge is 0.465 e. The molecular formula is C14H16BrF3N2O3. The first kappa shape index (κ1) is 19.3. The van der Waals surface area contributed by atoms with Crippen LogP contribution in [0.15, 0.2) is 22.7 Å². The third-order valence-electron chi connectivity index (χ3n) is 2.87. The van der Waals surface area contributed by atoms with Gasteiger partial charge in [0.05, 0.1) is 11.3 Å². The molecular weight excluding hydrogens is 381 g/mol. The molecule has 0 heterocycles. The molecule has 1 aromatic rings. The monoisotopic (exact) mass is 396 g/mol. The molecule has 5 nitrogen and oxygen atoms in total. The second-order valence-corrected chi connectivity index (χ2v) is 6.22. The van der Waals surface area contributed by atoms with Crippen LogP contribution in [-0.2, 0) is 11.0 Å². The van der Waals surface area contributed by atoms with Crippen molar-refractivity contribution in [3.05, 3.63) is 28.2 Å². The quantitative estimate of drug-likeness (QED) is 0.701. The maximum absolute atomic E-state index is 13.0. The topological polar surface area (TPSA) is 78.4 Å². The lowest BCUT2D eigenvalue weighted by Crippen LogP contribution is -2.44. The highest BCUT2D eigenvalue weighted by Crippen LogP contribution is 2.36. The minimum Gasteiger partial charge on any atom is -0.465 e. The van der Waals surface area contributed by atoms with E-state index in [4.69, 9.17) is 5.11 Å². The Hall–Kier alpha value is -1.77. The molecule has 1 rings (SSSR count). The number of carbonyl (C=O) groups excluding carboxylic acids is 1. The summed E-state index contributed by atoms with van der Waals surface area (Å²) in [7, 11) is 0. The number of nitrogens with one attached hydrogen (secondary N) is 2. The van der Waals surface area contributed by atoms with Crippen molar-refractivity contribution in [1.29, 1.82) is 0 Å². The van der Waals surface area contributed by atoms with Gasteiger partial charge in [-0.25, -0.2) is 4.79 Å². The summed E-state index contributed by atoms with van der Waals surface area (Å²) in [5.41, 5.74) is -1.44. The average Bonchev–Trinajstić information content (AvgIpc) is 2.37. The molecule has 128 valence electrons. The van der Waals surface area contributed by atoms with Crippen LogP contribution in [0.5, 0.6) is 0 Å². The molecule has 0 bridgehead atoms. The molecule has 9 heteroatoms. The van der Waals surface area contributed by atoms with E-state index >= 15 is 0 Å². The fourth-order valence-electron chi connectivity index (χ4n) is 1.93. The summed E-state index contributed by atoms with van der Waals surface area (Å²) >= 11 is 2.95. The van der Waals surface area contributed by atoms with Crippen molar-refractivity contribution in [3.8, 4) is 0 Å². The van der Waals surface area contributed by atoms with Crippen LogP contribution in [0.1, 0.15) is 25.8 Å². The molecule has 1 aromatic carbocycles. The first-order valence-electron chi connectivity index (χ1n) is 6.67. The van der Waals surface area contributed by atoms with Crippen LogP contribution in [-0.4, -0.2) is 23.1 Å². The highest BCUT2D eigenvalue weighted by atomic mass is 79.9. The van der Waals surface area contributed by atoms with Crippen molar-refractivity contribution in [1.82, 2.24) is 5.32 Å². The number of amides is 2. The molecule has 1 atom stereocenters. The van der Waals surface area contributed by atoms with Gasteiger partial charge in [0.1, 0.15) is 6.04 Å². The van der Waals surface area contributed by atoms with Crippen LogP contribution in [0.4, 0.5) is 23.7 Å². The van der Waals surface area contributed by atoms with Crippen molar-refractivity contribution >= 4 is 33.6 Å². The summed E-state index contributed by atoms with van der Waals surface area (Å²) in [6.07, 6.45) is -5.91. The van der Waals surface area contributed by atoms with Crippen molar-refractivity contribution in [2.45, 2.75) is 32.5 Å². The third kappa shape index (κ3) is 6.09. The molecule has 0 aromatic heterocycles. The second kappa shape index (κ2) is 7.67. The Bertz CT molecular complexity index is 591. The average molecular weight is 397 g/mol. The summed E-state index contributed by atoms with van der Waals surface area (Å²) in [6.45, 7) is 3.54. The SMILES string of the molecule is CC(C)C[C@@H](NC(=O)O)C(=O)Nc1ccc(Br)cc1C(F)(F)F. The van der Waals surface area contributed by atoms with Gasteiger partial charge < -0.3 is 15.7 Å². The molecule has 0 aliphatic carbocycles. The van der Waals surface area contributed by atoms with Gasteiger partial charge in [0, 0.05) is 4.47 Å². The summed E-state index contributed by atoms with van der Waals surface area (Å²) in [5.74, 6) is -0.862. The Morgan fingerprint density at radius 3 is 2.39 bits per heavy atom. The van der Waals surface area contributed by atoms with E-state index < -0.39 is 35.5 Å². The van der Waals surface area contributed by atoms with Crippen molar-refractivity contribution in [3.63, 3.8) is 0 Å². The maximum Gasteiger partial charge on any atom is 0.418 e. The van der Waals surface area contributed by atoms with Crippen LogP contribution >= 0.6 is 15.9 Å². The normalized spacial score (nSPS) is 12.8. The minimum atomic E-state index is -4.65. The summed E-state index contributed by atoms with van der Waals surface area (Å²) in [5, 5.41) is 12.9. The number of halogens is 4. The van der Waals surface area contributed by atoms with Crippen LogP contribution in [0.3, 0.4) is 0 Å². The fourth-order valence-corrected chi connectivity index (χ4v) is 2.29. The lowest BCUT2D eigenvalue weighted by Gasteiger charge is -2.20. The number of alkyl halides is 3. The summed E-state index contributed by atoms with van der Waals surface area (Å²) < 4.78 is 39.3. The lowest BCUT2D eigenvalue weighted by atomic mass is 10.0. The number of hydrogen-bond donors (Lipinski definition) is 3. The van der Waals surface area contributed by atoms with Crippen molar-refractivity contribution < 1.29 is 27.9 Å². The molecule has 0 fully saturated rings. The smallest absolute Gasteiger partial charge is 0.418 e. The number of rotatable bonds is 5. The van der Waals surface area contributed by atoms with E-state index in [2.05, 4.69) is 21.2 Å². The molecule has 0 aliphatic heterocycles. The number of benzene rings is 1. The van der Waals surface area contributed by atoms with E-state index in [-0.39, 0.29) is 16.8 Å². The fraction of sp³-hybridized carbons (Fsp3) is 0.429. The molecule has 23 heavy (non-hydrogen) atoms. The first-order chi connectivity index (χ1) is 10.5. The van der Waals surface area contributed by atoms with E-state index in [1.54, 1.807) is 13.8 Å². The highest BCUT2D eigenvalue weighted by molar-refractivity contribution is 9.10. The van der Waals surface area contributed by atoms with Gasteiger partial charge in [0.15, 0.2) is 0 Å². The predicted octanol–water partition coefficient (Wildman–Crippen LogP) is 4.09. The van der Waals surface area contributed by atoms with Gasteiger partial charge in [0.25, 0.3) is 0 Å². The van der Waals surface area contributed by atoms with Gasteiger partial charge in [-0.1, -0.05) is 29.8 Å².